The molecule has 0 saturated carbocycles. The molecule has 0 bridgehead atoms. The third kappa shape index (κ3) is 6.56. The highest BCUT2D eigenvalue weighted by atomic mass is 31.2. The van der Waals surface area contributed by atoms with Crippen LogP contribution in [0.2, 0.25) is 0 Å². The number of esters is 2. The normalized spacial score (nSPS) is 25.5. The minimum atomic E-state index is -4.50. The van der Waals surface area contributed by atoms with Crippen molar-refractivity contribution in [2.24, 2.45) is 0 Å². The lowest BCUT2D eigenvalue weighted by molar-refractivity contribution is -0.151. The number of nitrogens with one attached hydrogen (secondary N) is 1. The number of aromatic amines is 1. The topological polar surface area (TPSA) is 202 Å². The summed E-state index contributed by atoms with van der Waals surface area (Å²) in [6.45, 7) is 0.968. The van der Waals surface area contributed by atoms with Crippen LogP contribution in [0.25, 0.3) is 0 Å². The fourth-order valence-electron chi connectivity index (χ4n) is 2.61. The van der Waals surface area contributed by atoms with Gasteiger partial charge in [0, 0.05) is 26.1 Å². The van der Waals surface area contributed by atoms with Crippen LogP contribution in [0.3, 0.4) is 0 Å². The van der Waals surface area contributed by atoms with E-state index in [0.717, 1.165) is 30.7 Å². The quantitative estimate of drug-likeness (QED) is 0.203. The predicted molar refractivity (Wildman–Crippen MR) is 101 cm³/mol. The first kappa shape index (κ1) is 25.9. The molecule has 0 aliphatic carbocycles. The predicted octanol–water partition coefficient (Wildman–Crippen LogP) is -1.25. The van der Waals surface area contributed by atoms with E-state index < -0.39 is 75.2 Å². The maximum absolute atomic E-state index is 12.7. The van der Waals surface area contributed by atoms with Crippen molar-refractivity contribution in [3.8, 4) is 0 Å². The van der Waals surface area contributed by atoms with Gasteiger partial charge in [0.25, 0.3) is 5.56 Å². The number of aliphatic hydroxyl groups is 2. The molecule has 16 heteroatoms. The summed E-state index contributed by atoms with van der Waals surface area (Å²) in [5.41, 5.74) is -3.62. The Morgan fingerprint density at radius 1 is 1.19 bits per heavy atom. The minimum Gasteiger partial charge on any atom is -0.438 e. The van der Waals surface area contributed by atoms with Crippen LogP contribution in [-0.2, 0) is 41.9 Å². The third-order valence-corrected chi connectivity index (χ3v) is 5.51. The largest absolute Gasteiger partial charge is 0.480 e. The Kier molecular flexibility index (Phi) is 8.47. The summed E-state index contributed by atoms with van der Waals surface area (Å²) in [6, 6.07) is 1.01. The Morgan fingerprint density at radius 2 is 1.75 bits per heavy atom. The summed E-state index contributed by atoms with van der Waals surface area (Å²) < 4.78 is 42.7. The molecule has 180 valence electrons. The molecule has 3 N–H and O–H groups in total. The maximum atomic E-state index is 12.7. The molecular formula is C16H23N2O13P. The van der Waals surface area contributed by atoms with Gasteiger partial charge < -0.3 is 24.4 Å². The van der Waals surface area contributed by atoms with Crippen molar-refractivity contribution in [3.63, 3.8) is 0 Å². The first-order valence-electron chi connectivity index (χ1n) is 9.03. The number of phosphoric ester groups is 1. The molecule has 1 aromatic heterocycles. The number of carbonyl (C=O) groups excluding carboxylic acids is 2. The molecule has 2 heterocycles. The molecule has 32 heavy (non-hydrogen) atoms. The zero-order valence-corrected chi connectivity index (χ0v) is 18.2. The number of phosphoric acid groups is 1. The van der Waals surface area contributed by atoms with Gasteiger partial charge in [0.05, 0.1) is 6.61 Å². The SMILES string of the molecule is CC(=O)OCOP(=O)(OCOC(C)=O)OC[C@H]1O[C@@H](n2ccc(=O)[nH]c2=O)[C@](C)(O)[C@@H]1O. The molecule has 15 nitrogen and oxygen atoms in total. The van der Waals surface area contributed by atoms with Gasteiger partial charge >= 0.3 is 25.5 Å². The summed E-state index contributed by atoms with van der Waals surface area (Å²) in [5.74, 6) is -1.51. The van der Waals surface area contributed by atoms with E-state index in [1.165, 1.54) is 6.92 Å². The van der Waals surface area contributed by atoms with Crippen LogP contribution >= 0.6 is 7.82 Å². The van der Waals surface area contributed by atoms with Crippen molar-refractivity contribution < 1.29 is 52.1 Å². The van der Waals surface area contributed by atoms with Gasteiger partial charge in [0.2, 0.25) is 13.6 Å². The number of aromatic nitrogens is 2. The number of hydrogen-bond donors (Lipinski definition) is 3. The van der Waals surface area contributed by atoms with Gasteiger partial charge in [-0.05, 0) is 6.92 Å². The number of ether oxygens (including phenoxy) is 3. The van der Waals surface area contributed by atoms with Gasteiger partial charge in [-0.1, -0.05) is 0 Å². The van der Waals surface area contributed by atoms with Gasteiger partial charge in [-0.15, -0.1) is 0 Å². The molecule has 0 radical (unpaired) electrons. The summed E-state index contributed by atoms with van der Waals surface area (Å²) in [5, 5.41) is 21.1. The monoisotopic (exact) mass is 482 g/mol. The fraction of sp³-hybridized carbons (Fsp3) is 0.625. The van der Waals surface area contributed by atoms with E-state index >= 15 is 0 Å². The molecule has 0 unspecified atom stereocenters. The van der Waals surface area contributed by atoms with E-state index in [4.69, 9.17) is 18.3 Å². The number of carbonyl (C=O) groups is 2. The van der Waals surface area contributed by atoms with Crippen molar-refractivity contribution in [2.75, 3.05) is 20.2 Å². The summed E-state index contributed by atoms with van der Waals surface area (Å²) in [4.78, 5) is 47.0. The highest BCUT2D eigenvalue weighted by Gasteiger charge is 2.54. The number of nitrogens with zero attached hydrogens (tertiary/aromatic N) is 1. The van der Waals surface area contributed by atoms with E-state index in [-0.39, 0.29) is 0 Å². The lowest BCUT2D eigenvalue weighted by Gasteiger charge is -2.27. The van der Waals surface area contributed by atoms with Crippen LogP contribution in [-0.4, -0.2) is 69.7 Å². The fourth-order valence-corrected chi connectivity index (χ4v) is 3.53. The van der Waals surface area contributed by atoms with Crippen molar-refractivity contribution in [1.29, 1.82) is 0 Å². The van der Waals surface area contributed by atoms with Gasteiger partial charge in [-0.25, -0.2) is 18.4 Å². The number of hydrogen-bond acceptors (Lipinski definition) is 13. The van der Waals surface area contributed by atoms with E-state index in [0.29, 0.717) is 0 Å². The van der Waals surface area contributed by atoms with Crippen LogP contribution in [0, 0.1) is 0 Å². The molecule has 2 rings (SSSR count). The molecule has 1 fully saturated rings. The number of aliphatic hydroxyl groups excluding tert-OH is 1. The summed E-state index contributed by atoms with van der Waals surface area (Å²) in [7, 11) is -4.50. The Bertz CT molecular complexity index is 963. The Balaban J connectivity index is 2.12. The summed E-state index contributed by atoms with van der Waals surface area (Å²) >= 11 is 0. The van der Waals surface area contributed by atoms with Gasteiger partial charge in [-0.3, -0.25) is 28.5 Å². The molecule has 1 aromatic rings. The second kappa shape index (κ2) is 10.5. The van der Waals surface area contributed by atoms with Crippen molar-refractivity contribution >= 4 is 19.8 Å². The lowest BCUT2D eigenvalue weighted by atomic mass is 9.96. The van der Waals surface area contributed by atoms with Crippen LogP contribution < -0.4 is 11.2 Å². The molecule has 4 atom stereocenters. The van der Waals surface area contributed by atoms with Crippen LogP contribution in [0.1, 0.15) is 27.0 Å². The Hall–Kier alpha value is -2.39. The van der Waals surface area contributed by atoms with Crippen LogP contribution in [0.4, 0.5) is 0 Å². The van der Waals surface area contributed by atoms with Crippen LogP contribution in [0.15, 0.2) is 21.9 Å². The molecular weight excluding hydrogens is 459 g/mol. The van der Waals surface area contributed by atoms with Crippen molar-refractivity contribution in [1.82, 2.24) is 9.55 Å². The van der Waals surface area contributed by atoms with Crippen molar-refractivity contribution in [2.45, 2.75) is 44.8 Å². The Labute approximate surface area is 180 Å². The van der Waals surface area contributed by atoms with Gasteiger partial charge in [0.1, 0.15) is 17.8 Å². The van der Waals surface area contributed by atoms with Crippen LogP contribution in [0.5, 0.6) is 0 Å². The highest BCUT2D eigenvalue weighted by Crippen LogP contribution is 2.50. The van der Waals surface area contributed by atoms with E-state index in [1.807, 2.05) is 4.98 Å². The maximum Gasteiger partial charge on any atom is 0.480 e. The molecule has 1 saturated heterocycles. The first-order valence-corrected chi connectivity index (χ1v) is 10.5. The van der Waals surface area contributed by atoms with E-state index in [2.05, 4.69) is 9.47 Å². The Morgan fingerprint density at radius 3 is 2.25 bits per heavy atom. The van der Waals surface area contributed by atoms with E-state index in [9.17, 15) is 34.0 Å². The average Bonchev–Trinajstić information content (AvgIpc) is 2.89. The standard InChI is InChI=1S/C16H23N2O13P/c1-9(19)26-7-29-32(25,30-8-27-10(2)20)28-6-11-13(22)16(3,24)14(31-11)18-5-4-12(21)17-15(18)23/h4-5,11,13-14,22,24H,6-8H2,1-3H3,(H,17,21,23)/t11-,13-,14-,16-/m1/s1. The molecule has 0 amide bonds. The number of H-pyrrole nitrogens is 1. The molecule has 0 spiro atoms. The zero-order valence-electron chi connectivity index (χ0n) is 17.3. The number of rotatable bonds is 10. The van der Waals surface area contributed by atoms with E-state index in [1.54, 1.807) is 0 Å². The second-order valence-corrected chi connectivity index (χ2v) is 8.39. The van der Waals surface area contributed by atoms with Gasteiger partial charge in [-0.2, -0.15) is 0 Å². The smallest absolute Gasteiger partial charge is 0.438 e. The highest BCUT2D eigenvalue weighted by molar-refractivity contribution is 7.48. The first-order chi connectivity index (χ1) is 14.9. The second-order valence-electron chi connectivity index (χ2n) is 6.72. The third-order valence-electron chi connectivity index (χ3n) is 4.20. The zero-order chi connectivity index (χ0) is 24.1. The lowest BCUT2D eigenvalue weighted by Crippen LogP contribution is -2.46. The van der Waals surface area contributed by atoms with Gasteiger partial charge in [0.15, 0.2) is 6.23 Å². The minimum absolute atomic E-state index is 0.680. The van der Waals surface area contributed by atoms with Crippen molar-refractivity contribution in [3.05, 3.63) is 33.1 Å². The molecule has 1 aliphatic heterocycles. The molecule has 0 aromatic carbocycles. The summed E-state index contributed by atoms with van der Waals surface area (Å²) in [6.07, 6.45) is -3.39. The molecule has 1 aliphatic rings. The average molecular weight is 482 g/mol.